The summed E-state index contributed by atoms with van der Waals surface area (Å²) in [4.78, 5) is 0. The van der Waals surface area contributed by atoms with E-state index in [2.05, 4.69) is 67.6 Å². The molecule has 2 aromatic rings. The number of thioether (sulfide) groups is 1. The van der Waals surface area contributed by atoms with Crippen molar-refractivity contribution in [3.8, 4) is 0 Å². The Labute approximate surface area is 190 Å². The predicted molar refractivity (Wildman–Crippen MR) is 85.3 cm³/mol. The topological polar surface area (TPSA) is 9.23 Å². The maximum absolute atomic E-state index is 5.78. The first-order valence-corrected chi connectivity index (χ1v) is 8.01. The summed E-state index contributed by atoms with van der Waals surface area (Å²) in [6.45, 7) is 4.19. The summed E-state index contributed by atoms with van der Waals surface area (Å²) >= 11 is 1.91. The van der Waals surface area contributed by atoms with E-state index in [9.17, 15) is 0 Å². The van der Waals surface area contributed by atoms with Crippen LogP contribution in [0.1, 0.15) is 29.7 Å². The number of benzene rings is 2. The molecule has 21 heavy (non-hydrogen) atoms. The van der Waals surface area contributed by atoms with E-state index in [1.54, 1.807) is 0 Å². The van der Waals surface area contributed by atoms with Crippen molar-refractivity contribution in [2.75, 3.05) is 0 Å². The van der Waals surface area contributed by atoms with Crippen LogP contribution in [-0.4, -0.2) is 5.44 Å². The van der Waals surface area contributed by atoms with Crippen molar-refractivity contribution in [1.29, 1.82) is 0 Å². The zero-order chi connectivity index (χ0) is 13.8. The van der Waals surface area contributed by atoms with Gasteiger partial charge in [-0.1, -0.05) is 67.6 Å². The molecule has 1 saturated heterocycles. The molecule has 1 aliphatic rings. The van der Waals surface area contributed by atoms with Gasteiger partial charge in [0.1, 0.15) is 0 Å². The van der Waals surface area contributed by atoms with Gasteiger partial charge >= 0.3 is 68.9 Å². The summed E-state index contributed by atoms with van der Waals surface area (Å²) in [6, 6.07) is 21.4. The van der Waals surface area contributed by atoms with E-state index < -0.39 is 0 Å². The van der Waals surface area contributed by atoms with Gasteiger partial charge in [0.2, 0.25) is 0 Å². The molecule has 0 aliphatic carbocycles. The second-order valence-corrected chi connectivity index (χ2v) is 6.52. The molecular formula is C18H19CsOS. The van der Waals surface area contributed by atoms with Gasteiger partial charge in [0.25, 0.3) is 0 Å². The molecular weight excluding hydrogens is 397 g/mol. The third-order valence-corrected chi connectivity index (χ3v) is 4.94. The Hall–Kier alpha value is 0.802. The van der Waals surface area contributed by atoms with Crippen molar-refractivity contribution in [3.63, 3.8) is 0 Å². The van der Waals surface area contributed by atoms with Crippen LogP contribution in [0.4, 0.5) is 0 Å². The van der Waals surface area contributed by atoms with Crippen LogP contribution in [0.15, 0.2) is 60.7 Å². The molecule has 0 radical (unpaired) electrons. The van der Waals surface area contributed by atoms with Gasteiger partial charge in [0, 0.05) is 0 Å². The van der Waals surface area contributed by atoms with Crippen LogP contribution in [0, 0.1) is 12.5 Å². The van der Waals surface area contributed by atoms with Crippen molar-refractivity contribution in [2.24, 2.45) is 5.92 Å². The molecule has 0 aromatic heterocycles. The summed E-state index contributed by atoms with van der Waals surface area (Å²) in [6.07, 6.45) is 1.10. The van der Waals surface area contributed by atoms with Gasteiger partial charge in [-0.15, -0.1) is 17.7 Å². The molecule has 0 amide bonds. The molecule has 1 unspecified atom stereocenters. The molecule has 0 spiro atoms. The predicted octanol–water partition coefficient (Wildman–Crippen LogP) is 2.06. The molecule has 104 valence electrons. The zero-order valence-corrected chi connectivity index (χ0v) is 19.7. The fraction of sp³-hybridized carbons (Fsp3) is 0.278. The number of hydrogen-bond donors (Lipinski definition) is 0. The fourth-order valence-electron chi connectivity index (χ4n) is 2.48. The van der Waals surface area contributed by atoms with E-state index in [0.717, 1.165) is 6.42 Å². The van der Waals surface area contributed by atoms with Gasteiger partial charge in [-0.25, -0.2) is 6.61 Å². The van der Waals surface area contributed by atoms with Crippen LogP contribution >= 0.6 is 11.8 Å². The average molecular weight is 416 g/mol. The molecule has 3 heteroatoms. The minimum Gasteiger partial charge on any atom is -0.542 e. The molecule has 1 nitrogen and oxygen atoms in total. The van der Waals surface area contributed by atoms with Crippen LogP contribution in [0.3, 0.4) is 0 Å². The molecule has 2 aromatic carbocycles. The third-order valence-electron chi connectivity index (χ3n) is 3.52. The number of ether oxygens (including phenoxy) is 1. The Bertz CT molecular complexity index is 492. The first-order chi connectivity index (χ1) is 9.83. The monoisotopic (exact) mass is 416 g/mol. The quantitative estimate of drug-likeness (QED) is 0.706. The van der Waals surface area contributed by atoms with Crippen molar-refractivity contribution < 1.29 is 73.6 Å². The van der Waals surface area contributed by atoms with Gasteiger partial charge in [-0.3, -0.25) is 0 Å². The van der Waals surface area contributed by atoms with Crippen LogP contribution in [-0.2, 0) is 4.74 Å². The minimum absolute atomic E-state index is 0. The van der Waals surface area contributed by atoms with Gasteiger partial charge in [-0.05, 0) is 17.5 Å². The van der Waals surface area contributed by atoms with Crippen LogP contribution in [0.5, 0.6) is 0 Å². The second-order valence-electron chi connectivity index (χ2n) is 5.25. The summed E-state index contributed by atoms with van der Waals surface area (Å²) in [7, 11) is 0. The second kappa shape index (κ2) is 9.18. The van der Waals surface area contributed by atoms with Crippen molar-refractivity contribution in [1.82, 2.24) is 0 Å². The Balaban J connectivity index is 0.00000161. The van der Waals surface area contributed by atoms with Crippen molar-refractivity contribution in [2.45, 2.75) is 24.0 Å². The maximum atomic E-state index is 5.78. The van der Waals surface area contributed by atoms with Crippen molar-refractivity contribution in [3.05, 3.63) is 78.4 Å². The van der Waals surface area contributed by atoms with Crippen molar-refractivity contribution >= 4 is 11.8 Å². The third kappa shape index (κ3) is 5.15. The zero-order valence-electron chi connectivity index (χ0n) is 12.6. The SMILES string of the molecule is C[C@H]1[CH-]OC(SC(c2ccccc2)c2ccccc2)C1.[Cs+]. The maximum Gasteiger partial charge on any atom is 1.00 e. The van der Waals surface area contributed by atoms with Gasteiger partial charge in [0.05, 0.1) is 10.7 Å². The van der Waals surface area contributed by atoms with Gasteiger partial charge in [0.15, 0.2) is 0 Å². The molecule has 1 heterocycles. The molecule has 0 saturated carbocycles. The molecule has 0 N–H and O–H groups in total. The van der Waals surface area contributed by atoms with Crippen LogP contribution in [0.25, 0.3) is 0 Å². The molecule has 1 aliphatic heterocycles. The molecule has 1 fully saturated rings. The average Bonchev–Trinajstić information content (AvgIpc) is 2.92. The standard InChI is InChI=1S/C18H19OS.Cs/c1-14-12-17(19-13-14)20-18(15-8-4-2-5-9-15)16-10-6-3-7-11-16;/h2-11,13-14,17-18H,12H2,1H3;/q-1;+1/t14-,17?;/m1./s1. The smallest absolute Gasteiger partial charge is 0.542 e. The molecule has 2 atom stereocenters. The summed E-state index contributed by atoms with van der Waals surface area (Å²) in [5, 5.41) is 0.334. The van der Waals surface area contributed by atoms with Gasteiger partial charge < -0.3 is 4.74 Å². The largest absolute Gasteiger partial charge is 1.00 e. The van der Waals surface area contributed by atoms with E-state index in [4.69, 9.17) is 4.74 Å². The Morgan fingerprint density at radius 2 is 1.52 bits per heavy atom. The number of hydrogen-bond acceptors (Lipinski definition) is 2. The summed E-state index contributed by atoms with van der Waals surface area (Å²) < 4.78 is 5.78. The fourth-order valence-corrected chi connectivity index (χ4v) is 3.96. The van der Waals surface area contributed by atoms with E-state index in [1.165, 1.54) is 11.1 Å². The Kier molecular flexibility index (Phi) is 7.94. The van der Waals surface area contributed by atoms with E-state index in [-0.39, 0.29) is 74.3 Å². The molecule has 3 rings (SSSR count). The normalized spacial score (nSPS) is 21.2. The van der Waals surface area contributed by atoms with Crippen LogP contribution in [0.2, 0.25) is 0 Å². The summed E-state index contributed by atoms with van der Waals surface area (Å²) in [5.41, 5.74) is 2.94. The first kappa shape index (κ1) is 18.1. The summed E-state index contributed by atoms with van der Waals surface area (Å²) in [5.74, 6) is 0.555. The van der Waals surface area contributed by atoms with E-state index in [1.807, 2.05) is 18.4 Å². The first-order valence-electron chi connectivity index (χ1n) is 7.07. The number of rotatable bonds is 4. The molecule has 0 bridgehead atoms. The minimum atomic E-state index is 0. The van der Waals surface area contributed by atoms with Crippen LogP contribution < -0.4 is 68.9 Å². The van der Waals surface area contributed by atoms with E-state index >= 15 is 0 Å². The van der Waals surface area contributed by atoms with Gasteiger partial charge in [-0.2, -0.15) is 0 Å². The van der Waals surface area contributed by atoms with E-state index in [0.29, 0.717) is 11.2 Å². The Morgan fingerprint density at radius 3 is 1.95 bits per heavy atom. The Morgan fingerprint density at radius 1 is 1.00 bits per heavy atom.